The molecule has 0 saturated heterocycles. The summed E-state index contributed by atoms with van der Waals surface area (Å²) in [6.07, 6.45) is 0. The molecule has 0 radical (unpaired) electrons. The lowest BCUT2D eigenvalue weighted by molar-refractivity contribution is 0.250. The molecular weight excluding hydrogens is 130 g/mol. The minimum absolute atomic E-state index is 0.389. The summed E-state index contributed by atoms with van der Waals surface area (Å²) in [7, 11) is 0. The number of rotatable bonds is 2. The lowest BCUT2D eigenvalue weighted by atomic mass is 10.7. The fraction of sp³-hybridized carbons (Fsp3) is 0.667. The number of carbonyl (C=O) groups is 1. The molecule has 4 nitrogen and oxygen atoms in total. The number of nitrogens with zero attached hydrogens (tertiary/aromatic N) is 2. The number of carbonyl (C=O) groups excluding carboxylic acids is 1. The second-order valence-electron chi connectivity index (χ2n) is 1.52. The average Bonchev–Trinajstić information content (AvgIpc) is 1.89. The van der Waals surface area contributed by atoms with Crippen molar-refractivity contribution in [3.8, 4) is 0 Å². The molecule has 0 spiro atoms. The van der Waals surface area contributed by atoms with E-state index in [1.807, 2.05) is 13.8 Å². The first kappa shape index (κ1) is 8.85. The predicted octanol–water partition coefficient (Wildman–Crippen LogP) is 0.910. The van der Waals surface area contributed by atoms with Crippen LogP contribution in [-0.4, -0.2) is 25.1 Å². The lowest BCUT2D eigenvalue weighted by Gasteiger charge is -1.89. The quantitative estimate of drug-likeness (QED) is 0.571. The Hall–Kier alpha value is -1.15. The van der Waals surface area contributed by atoms with Crippen molar-refractivity contribution in [3.05, 3.63) is 0 Å². The summed E-state index contributed by atoms with van der Waals surface area (Å²) < 4.78 is 0. The zero-order valence-corrected chi connectivity index (χ0v) is 6.22. The van der Waals surface area contributed by atoms with E-state index in [1.54, 1.807) is 0 Å². The molecule has 0 fully saturated rings. The highest BCUT2D eigenvalue weighted by atomic mass is 16.2. The molecule has 56 valence electrons. The number of hydrogen-bond acceptors (Lipinski definition) is 2. The van der Waals surface area contributed by atoms with E-state index >= 15 is 0 Å². The van der Waals surface area contributed by atoms with Gasteiger partial charge < -0.3 is 5.32 Å². The summed E-state index contributed by atoms with van der Waals surface area (Å²) >= 11 is 0. The second kappa shape index (κ2) is 5.98. The van der Waals surface area contributed by atoms with Crippen LogP contribution in [0.15, 0.2) is 9.98 Å². The van der Waals surface area contributed by atoms with E-state index in [1.165, 1.54) is 0 Å². The summed E-state index contributed by atoms with van der Waals surface area (Å²) in [6.45, 7) is 4.85. The Kier molecular flexibility index (Phi) is 5.29. The SMILES string of the molecule is CCN=C=NC(=O)NCC. The van der Waals surface area contributed by atoms with Gasteiger partial charge >= 0.3 is 6.03 Å². The van der Waals surface area contributed by atoms with Gasteiger partial charge in [0.05, 0.1) is 6.01 Å². The zero-order valence-electron chi connectivity index (χ0n) is 6.22. The average molecular weight is 141 g/mol. The molecule has 0 aliphatic carbocycles. The first-order valence-electron chi connectivity index (χ1n) is 3.21. The largest absolute Gasteiger partial charge is 0.350 e. The van der Waals surface area contributed by atoms with Gasteiger partial charge in [0.1, 0.15) is 0 Å². The monoisotopic (exact) mass is 141 g/mol. The Balaban J connectivity index is 3.66. The molecule has 0 heterocycles. The van der Waals surface area contributed by atoms with Crippen molar-refractivity contribution in [1.82, 2.24) is 5.32 Å². The Morgan fingerprint density at radius 1 is 1.60 bits per heavy atom. The van der Waals surface area contributed by atoms with Gasteiger partial charge in [-0.25, -0.2) is 9.79 Å². The molecule has 0 atom stereocenters. The van der Waals surface area contributed by atoms with E-state index in [2.05, 4.69) is 21.3 Å². The third-order valence-corrected chi connectivity index (χ3v) is 0.708. The number of amides is 2. The summed E-state index contributed by atoms with van der Waals surface area (Å²) in [5, 5.41) is 2.48. The van der Waals surface area contributed by atoms with Crippen LogP contribution >= 0.6 is 0 Å². The van der Waals surface area contributed by atoms with E-state index in [4.69, 9.17) is 0 Å². The van der Waals surface area contributed by atoms with Gasteiger partial charge in [0, 0.05) is 13.1 Å². The topological polar surface area (TPSA) is 53.8 Å². The standard InChI is InChI=1S/C6H11N3O/c1-3-7-5-9-6(10)8-4-2/h3-4H2,1-2H3,(H,8,10). The van der Waals surface area contributed by atoms with Gasteiger partial charge in [-0.2, -0.15) is 0 Å². The van der Waals surface area contributed by atoms with Crippen molar-refractivity contribution in [2.45, 2.75) is 13.8 Å². The van der Waals surface area contributed by atoms with Crippen LogP contribution in [0.4, 0.5) is 4.79 Å². The smallest absolute Gasteiger partial charge is 0.336 e. The van der Waals surface area contributed by atoms with Crippen molar-refractivity contribution < 1.29 is 4.79 Å². The van der Waals surface area contributed by atoms with Crippen molar-refractivity contribution in [3.63, 3.8) is 0 Å². The minimum Gasteiger partial charge on any atom is -0.336 e. The molecular formula is C6H11N3O. The van der Waals surface area contributed by atoms with E-state index in [9.17, 15) is 4.79 Å². The van der Waals surface area contributed by atoms with Crippen LogP contribution in [0.2, 0.25) is 0 Å². The molecule has 2 amide bonds. The van der Waals surface area contributed by atoms with Crippen molar-refractivity contribution in [2.75, 3.05) is 13.1 Å². The normalized spacial score (nSPS) is 7.80. The van der Waals surface area contributed by atoms with Crippen LogP contribution in [-0.2, 0) is 0 Å². The fourth-order valence-corrected chi connectivity index (χ4v) is 0.342. The van der Waals surface area contributed by atoms with Gasteiger partial charge in [-0.3, -0.25) is 0 Å². The molecule has 10 heavy (non-hydrogen) atoms. The Bertz CT molecular complexity index is 158. The van der Waals surface area contributed by atoms with Crippen molar-refractivity contribution in [2.24, 2.45) is 9.98 Å². The molecule has 0 aromatic heterocycles. The highest BCUT2D eigenvalue weighted by molar-refractivity contribution is 5.80. The highest BCUT2D eigenvalue weighted by Gasteiger charge is 1.88. The van der Waals surface area contributed by atoms with Crippen molar-refractivity contribution >= 4 is 12.0 Å². The van der Waals surface area contributed by atoms with Crippen LogP contribution in [0.25, 0.3) is 0 Å². The third-order valence-electron chi connectivity index (χ3n) is 0.708. The molecule has 0 saturated carbocycles. The van der Waals surface area contributed by atoms with Crippen LogP contribution in [0.3, 0.4) is 0 Å². The van der Waals surface area contributed by atoms with Crippen molar-refractivity contribution in [1.29, 1.82) is 0 Å². The first-order chi connectivity index (χ1) is 4.81. The molecule has 0 aliphatic heterocycles. The Morgan fingerprint density at radius 3 is 2.80 bits per heavy atom. The maximum atomic E-state index is 10.5. The minimum atomic E-state index is -0.389. The van der Waals surface area contributed by atoms with Gasteiger partial charge in [0.25, 0.3) is 0 Å². The van der Waals surface area contributed by atoms with Crippen LogP contribution < -0.4 is 5.32 Å². The molecule has 0 aromatic rings. The second-order valence-corrected chi connectivity index (χ2v) is 1.52. The molecule has 4 heteroatoms. The van der Waals surface area contributed by atoms with E-state index in [0.717, 1.165) is 0 Å². The van der Waals surface area contributed by atoms with E-state index in [-0.39, 0.29) is 6.03 Å². The molecule has 0 aliphatic rings. The molecule has 0 bridgehead atoms. The predicted molar refractivity (Wildman–Crippen MR) is 39.5 cm³/mol. The van der Waals surface area contributed by atoms with Crippen LogP contribution in [0.1, 0.15) is 13.8 Å². The van der Waals surface area contributed by atoms with Gasteiger partial charge in [-0.1, -0.05) is 0 Å². The molecule has 0 aromatic carbocycles. The van der Waals surface area contributed by atoms with E-state index < -0.39 is 0 Å². The Labute approximate surface area is 60.1 Å². The fourth-order valence-electron chi connectivity index (χ4n) is 0.342. The first-order valence-corrected chi connectivity index (χ1v) is 3.21. The zero-order chi connectivity index (χ0) is 7.82. The van der Waals surface area contributed by atoms with Crippen LogP contribution in [0.5, 0.6) is 0 Å². The molecule has 0 unspecified atom stereocenters. The van der Waals surface area contributed by atoms with Gasteiger partial charge in [0.15, 0.2) is 0 Å². The van der Waals surface area contributed by atoms with Gasteiger partial charge in [-0.15, -0.1) is 4.99 Å². The van der Waals surface area contributed by atoms with E-state index in [0.29, 0.717) is 13.1 Å². The molecule has 0 rings (SSSR count). The number of nitrogens with one attached hydrogen (secondary N) is 1. The number of hydrogen-bond donors (Lipinski definition) is 1. The summed E-state index contributed by atoms with van der Waals surface area (Å²) in [5.74, 6) is 0. The molecule has 1 N–H and O–H groups in total. The maximum absolute atomic E-state index is 10.5. The van der Waals surface area contributed by atoms with Gasteiger partial charge in [0.2, 0.25) is 0 Å². The maximum Gasteiger partial charge on any atom is 0.350 e. The van der Waals surface area contributed by atoms with Crippen LogP contribution in [0, 0.1) is 0 Å². The number of urea groups is 1. The summed E-state index contributed by atoms with van der Waals surface area (Å²) in [4.78, 5) is 17.5. The summed E-state index contributed by atoms with van der Waals surface area (Å²) in [6, 6.07) is 1.87. The summed E-state index contributed by atoms with van der Waals surface area (Å²) in [5.41, 5.74) is 0. The third kappa shape index (κ3) is 5.00. The number of aliphatic imine (C=N–C) groups is 2. The lowest BCUT2D eigenvalue weighted by Crippen LogP contribution is -2.18. The Morgan fingerprint density at radius 2 is 2.30 bits per heavy atom. The van der Waals surface area contributed by atoms with Gasteiger partial charge in [-0.05, 0) is 13.8 Å². The highest BCUT2D eigenvalue weighted by Crippen LogP contribution is 1.69.